The number of fused-ring (bicyclic) bond motifs is 1. The topological polar surface area (TPSA) is 47.5 Å². The van der Waals surface area contributed by atoms with E-state index in [4.69, 9.17) is 0 Å². The van der Waals surface area contributed by atoms with Crippen molar-refractivity contribution >= 4 is 5.52 Å². The van der Waals surface area contributed by atoms with Crippen molar-refractivity contribution in [2.75, 3.05) is 6.54 Å². The maximum atomic E-state index is 13.0. The Bertz CT molecular complexity index is 1180. The zero-order valence-electron chi connectivity index (χ0n) is 15.7. The molecule has 0 aliphatic carbocycles. The standard InChI is InChI=1S/C23H17F3N2O2/c24-23(25,26)18-11-9-17(10-12-18)21(15-28(29)30)22-20(16-6-2-1-3-7-16)14-19-8-4-5-13-27(19)22/h1-14,21H,15H2/t21-/m0/s1. The van der Waals surface area contributed by atoms with E-state index in [1.54, 1.807) is 0 Å². The molecule has 0 saturated carbocycles. The monoisotopic (exact) mass is 410 g/mol. The van der Waals surface area contributed by atoms with E-state index in [2.05, 4.69) is 0 Å². The van der Waals surface area contributed by atoms with Gasteiger partial charge in [-0.05, 0) is 41.5 Å². The van der Waals surface area contributed by atoms with Gasteiger partial charge in [0.25, 0.3) is 0 Å². The van der Waals surface area contributed by atoms with Gasteiger partial charge in [0, 0.05) is 27.9 Å². The molecule has 2 aromatic heterocycles. The molecule has 0 saturated heterocycles. The summed E-state index contributed by atoms with van der Waals surface area (Å²) in [7, 11) is 0. The van der Waals surface area contributed by atoms with E-state index >= 15 is 0 Å². The molecular weight excluding hydrogens is 393 g/mol. The number of benzene rings is 2. The van der Waals surface area contributed by atoms with Gasteiger partial charge in [0.2, 0.25) is 6.54 Å². The minimum Gasteiger partial charge on any atom is -0.319 e. The number of alkyl halides is 3. The van der Waals surface area contributed by atoms with Crippen molar-refractivity contribution < 1.29 is 18.1 Å². The molecule has 0 aliphatic heterocycles. The van der Waals surface area contributed by atoms with Crippen LogP contribution in [0.3, 0.4) is 0 Å². The normalized spacial score (nSPS) is 12.8. The van der Waals surface area contributed by atoms with E-state index in [9.17, 15) is 23.3 Å². The summed E-state index contributed by atoms with van der Waals surface area (Å²) in [6.45, 7) is -0.438. The summed E-state index contributed by atoms with van der Waals surface area (Å²) in [5.41, 5.74) is 2.90. The molecule has 2 heterocycles. The lowest BCUT2D eigenvalue weighted by molar-refractivity contribution is -0.481. The zero-order valence-corrected chi connectivity index (χ0v) is 15.7. The predicted octanol–water partition coefficient (Wildman–Crippen LogP) is 6.03. The molecular formula is C23H17F3N2O2. The minimum atomic E-state index is -4.46. The number of halogens is 3. The van der Waals surface area contributed by atoms with Crippen LogP contribution in [0.1, 0.15) is 22.7 Å². The Hall–Kier alpha value is -3.61. The number of rotatable bonds is 5. The van der Waals surface area contributed by atoms with Crippen molar-refractivity contribution in [1.29, 1.82) is 0 Å². The van der Waals surface area contributed by atoms with Crippen LogP contribution in [0.4, 0.5) is 13.2 Å². The molecule has 0 fully saturated rings. The molecule has 0 radical (unpaired) electrons. The van der Waals surface area contributed by atoms with E-state index in [1.807, 2.05) is 65.2 Å². The summed E-state index contributed by atoms with van der Waals surface area (Å²) in [6.07, 6.45) is -2.65. The Balaban J connectivity index is 1.92. The molecule has 30 heavy (non-hydrogen) atoms. The first-order valence-corrected chi connectivity index (χ1v) is 9.29. The van der Waals surface area contributed by atoms with E-state index in [-0.39, 0.29) is 0 Å². The van der Waals surface area contributed by atoms with E-state index in [1.165, 1.54) is 12.1 Å². The Kier molecular flexibility index (Phi) is 5.03. The van der Waals surface area contributed by atoms with Crippen LogP contribution in [0, 0.1) is 10.1 Å². The first-order valence-electron chi connectivity index (χ1n) is 9.29. The molecule has 0 amide bonds. The number of nitro groups is 1. The highest BCUT2D eigenvalue weighted by molar-refractivity contribution is 5.75. The predicted molar refractivity (Wildman–Crippen MR) is 108 cm³/mol. The molecule has 4 aromatic rings. The third-order valence-electron chi connectivity index (χ3n) is 5.11. The van der Waals surface area contributed by atoms with Crippen molar-refractivity contribution in [3.8, 4) is 11.1 Å². The fourth-order valence-corrected chi connectivity index (χ4v) is 3.75. The third kappa shape index (κ3) is 3.78. The van der Waals surface area contributed by atoms with Gasteiger partial charge in [-0.25, -0.2) is 0 Å². The smallest absolute Gasteiger partial charge is 0.319 e. The SMILES string of the molecule is O=[N+]([O-])C[C@@H](c1ccc(C(F)(F)F)cc1)c1c(-c2ccccc2)cc2ccccn12. The summed E-state index contributed by atoms with van der Waals surface area (Å²) in [6, 6.07) is 21.6. The van der Waals surface area contributed by atoms with Gasteiger partial charge in [-0.3, -0.25) is 10.1 Å². The maximum Gasteiger partial charge on any atom is 0.416 e. The molecule has 0 bridgehead atoms. The second kappa shape index (κ2) is 7.67. The Labute approximate surface area is 170 Å². The molecule has 7 heteroatoms. The number of pyridine rings is 1. The summed E-state index contributed by atoms with van der Waals surface area (Å²) in [5, 5.41) is 11.5. The Morgan fingerprint density at radius 3 is 2.23 bits per heavy atom. The molecule has 0 N–H and O–H groups in total. The van der Waals surface area contributed by atoms with Crippen LogP contribution in [-0.2, 0) is 6.18 Å². The maximum absolute atomic E-state index is 13.0. The van der Waals surface area contributed by atoms with Crippen LogP contribution in [0.15, 0.2) is 85.1 Å². The Morgan fingerprint density at radius 1 is 0.933 bits per heavy atom. The van der Waals surface area contributed by atoms with Gasteiger partial charge in [-0.2, -0.15) is 13.2 Å². The highest BCUT2D eigenvalue weighted by atomic mass is 19.4. The molecule has 1 atom stereocenters. The molecule has 0 aliphatic rings. The van der Waals surface area contributed by atoms with Crippen molar-refractivity contribution in [2.45, 2.75) is 12.1 Å². The van der Waals surface area contributed by atoms with Gasteiger partial charge in [0.05, 0.1) is 11.5 Å². The molecule has 152 valence electrons. The van der Waals surface area contributed by atoms with Crippen molar-refractivity contribution in [2.24, 2.45) is 0 Å². The average molecular weight is 410 g/mol. The second-order valence-electron chi connectivity index (χ2n) is 6.99. The summed E-state index contributed by atoms with van der Waals surface area (Å²) >= 11 is 0. The van der Waals surface area contributed by atoms with Gasteiger partial charge < -0.3 is 4.40 Å². The van der Waals surface area contributed by atoms with E-state index in [0.29, 0.717) is 11.3 Å². The third-order valence-corrected chi connectivity index (χ3v) is 5.11. The van der Waals surface area contributed by atoms with Crippen molar-refractivity contribution in [3.05, 3.63) is 112 Å². The van der Waals surface area contributed by atoms with E-state index in [0.717, 1.165) is 28.8 Å². The summed E-state index contributed by atoms with van der Waals surface area (Å²) < 4.78 is 40.8. The van der Waals surface area contributed by atoms with Gasteiger partial charge in [0.1, 0.15) is 0 Å². The van der Waals surface area contributed by atoms with Crippen LogP contribution in [-0.4, -0.2) is 15.9 Å². The summed E-state index contributed by atoms with van der Waals surface area (Å²) in [5.74, 6) is -0.720. The van der Waals surface area contributed by atoms with Gasteiger partial charge in [-0.15, -0.1) is 0 Å². The van der Waals surface area contributed by atoms with Gasteiger partial charge in [0.15, 0.2) is 0 Å². The largest absolute Gasteiger partial charge is 0.416 e. The Morgan fingerprint density at radius 2 is 1.60 bits per heavy atom. The van der Waals surface area contributed by atoms with Gasteiger partial charge in [-0.1, -0.05) is 48.5 Å². The minimum absolute atomic E-state index is 0.431. The lowest BCUT2D eigenvalue weighted by atomic mass is 9.90. The number of hydrogen-bond acceptors (Lipinski definition) is 2. The summed E-state index contributed by atoms with van der Waals surface area (Å²) in [4.78, 5) is 11.1. The number of nitrogens with zero attached hydrogens (tertiary/aromatic N) is 2. The lowest BCUT2D eigenvalue weighted by Gasteiger charge is -2.18. The highest BCUT2D eigenvalue weighted by Gasteiger charge is 2.32. The van der Waals surface area contributed by atoms with Crippen LogP contribution < -0.4 is 0 Å². The highest BCUT2D eigenvalue weighted by Crippen LogP contribution is 2.37. The fraction of sp³-hybridized carbons (Fsp3) is 0.130. The van der Waals surface area contributed by atoms with E-state index < -0.39 is 29.1 Å². The van der Waals surface area contributed by atoms with Gasteiger partial charge >= 0.3 is 6.18 Å². The number of aromatic nitrogens is 1. The average Bonchev–Trinajstić information content (AvgIpc) is 3.11. The molecule has 0 spiro atoms. The molecule has 4 rings (SSSR count). The van der Waals surface area contributed by atoms with Crippen LogP contribution in [0.2, 0.25) is 0 Å². The van der Waals surface area contributed by atoms with Crippen LogP contribution in [0.25, 0.3) is 16.6 Å². The first kappa shape index (κ1) is 19.7. The first-order chi connectivity index (χ1) is 14.3. The molecule has 0 unspecified atom stereocenters. The zero-order chi connectivity index (χ0) is 21.3. The molecule has 2 aromatic carbocycles. The van der Waals surface area contributed by atoms with Crippen molar-refractivity contribution in [3.63, 3.8) is 0 Å². The number of hydrogen-bond donors (Lipinski definition) is 0. The lowest BCUT2D eigenvalue weighted by Crippen LogP contribution is -2.17. The quantitative estimate of drug-likeness (QED) is 0.298. The molecule has 4 nitrogen and oxygen atoms in total. The van der Waals surface area contributed by atoms with Crippen LogP contribution in [0.5, 0.6) is 0 Å². The fourth-order valence-electron chi connectivity index (χ4n) is 3.75. The second-order valence-corrected chi connectivity index (χ2v) is 6.99. The van der Waals surface area contributed by atoms with Crippen LogP contribution >= 0.6 is 0 Å². The van der Waals surface area contributed by atoms with Crippen molar-refractivity contribution in [1.82, 2.24) is 4.40 Å².